The third-order valence-electron chi connectivity index (χ3n) is 8.82. The van der Waals surface area contributed by atoms with Crippen LogP contribution in [-0.2, 0) is 0 Å². The van der Waals surface area contributed by atoms with Gasteiger partial charge in [-0.3, -0.25) is 19.9 Å². The van der Waals surface area contributed by atoms with Crippen LogP contribution in [0.2, 0.25) is 0 Å². The Morgan fingerprint density at radius 3 is 1.41 bits per heavy atom. The topological polar surface area (TPSA) is 51.6 Å². The molecule has 4 aromatic heterocycles. The average molecular weight is 591 g/mol. The molecule has 218 valence electrons. The smallest absolute Gasteiger partial charge is 0.0798 e. The largest absolute Gasteiger partial charge is 0.264 e. The van der Waals surface area contributed by atoms with E-state index in [0.717, 1.165) is 66.5 Å². The van der Waals surface area contributed by atoms with Gasteiger partial charge in [-0.15, -0.1) is 0 Å². The van der Waals surface area contributed by atoms with Gasteiger partial charge < -0.3 is 0 Å². The first-order valence-corrected chi connectivity index (χ1v) is 15.5. The van der Waals surface area contributed by atoms with Gasteiger partial charge in [-0.1, -0.05) is 66.7 Å². The van der Waals surface area contributed by atoms with E-state index in [0.29, 0.717) is 0 Å². The van der Waals surface area contributed by atoms with Crippen molar-refractivity contribution in [2.45, 2.75) is 13.8 Å². The summed E-state index contributed by atoms with van der Waals surface area (Å²) in [6.45, 7) is 4.35. The van der Waals surface area contributed by atoms with Gasteiger partial charge in [0.25, 0.3) is 0 Å². The summed E-state index contributed by atoms with van der Waals surface area (Å²) in [4.78, 5) is 18.8. The number of pyridine rings is 4. The van der Waals surface area contributed by atoms with Crippen LogP contribution >= 0.6 is 0 Å². The molecule has 4 heteroatoms. The maximum absolute atomic E-state index is 4.97. The highest BCUT2D eigenvalue weighted by Crippen LogP contribution is 2.49. The molecule has 0 bridgehead atoms. The lowest BCUT2D eigenvalue weighted by Crippen LogP contribution is -1.99. The first kappa shape index (κ1) is 27.5. The molecule has 4 aromatic carbocycles. The molecule has 0 N–H and O–H groups in total. The van der Waals surface area contributed by atoms with E-state index in [9.17, 15) is 0 Å². The summed E-state index contributed by atoms with van der Waals surface area (Å²) in [6, 6.07) is 38.6. The van der Waals surface area contributed by atoms with Crippen molar-refractivity contribution in [1.29, 1.82) is 0 Å². The first-order chi connectivity index (χ1) is 22.7. The van der Waals surface area contributed by atoms with Crippen molar-refractivity contribution >= 4 is 21.5 Å². The zero-order valence-corrected chi connectivity index (χ0v) is 25.6. The van der Waals surface area contributed by atoms with Gasteiger partial charge in [0.1, 0.15) is 0 Å². The van der Waals surface area contributed by atoms with Gasteiger partial charge in [0.15, 0.2) is 0 Å². The predicted molar refractivity (Wildman–Crippen MR) is 189 cm³/mol. The van der Waals surface area contributed by atoms with Crippen molar-refractivity contribution < 1.29 is 0 Å². The number of hydrogen-bond acceptors (Lipinski definition) is 4. The Bertz CT molecular complexity index is 2370. The third-order valence-corrected chi connectivity index (χ3v) is 8.82. The van der Waals surface area contributed by atoms with Gasteiger partial charge in [-0.05, 0) is 111 Å². The highest BCUT2D eigenvalue weighted by Gasteiger charge is 2.24. The quantitative estimate of drug-likeness (QED) is 0.187. The number of rotatable bonds is 5. The van der Waals surface area contributed by atoms with E-state index in [4.69, 9.17) is 9.97 Å². The summed E-state index contributed by atoms with van der Waals surface area (Å²) in [6.07, 6.45) is 11.2. The Hall–Kier alpha value is -6.00. The van der Waals surface area contributed by atoms with Crippen molar-refractivity contribution in [3.63, 3.8) is 0 Å². The fourth-order valence-corrected chi connectivity index (χ4v) is 6.72. The highest BCUT2D eigenvalue weighted by molar-refractivity contribution is 6.24. The fraction of sp³-hybridized carbons (Fsp3) is 0.0476. The second kappa shape index (κ2) is 11.5. The highest BCUT2D eigenvalue weighted by atomic mass is 14.7. The zero-order valence-electron chi connectivity index (χ0n) is 25.6. The standard InChI is InChI=1S/C42H30N4/c1-27-18-22-45-41(31-12-8-20-43-25-31)37(27)39-33-14-6-7-15-34(33)40(36-24-30(16-17-35(36)39)29-10-4-3-5-11-29)38-28(2)19-23-46-42(38)32-13-9-21-44-26-32/h3-26H,1-2H3. The molecule has 4 nitrogen and oxygen atoms in total. The fourth-order valence-electron chi connectivity index (χ4n) is 6.72. The zero-order chi connectivity index (χ0) is 31.0. The van der Waals surface area contributed by atoms with E-state index < -0.39 is 0 Å². The summed E-state index contributed by atoms with van der Waals surface area (Å²) < 4.78 is 0. The Morgan fingerprint density at radius 1 is 0.370 bits per heavy atom. The lowest BCUT2D eigenvalue weighted by molar-refractivity contribution is 1.26. The van der Waals surface area contributed by atoms with Gasteiger partial charge in [-0.2, -0.15) is 0 Å². The molecular formula is C42H30N4. The minimum atomic E-state index is 0.922. The maximum Gasteiger partial charge on any atom is 0.0798 e. The van der Waals surface area contributed by atoms with Gasteiger partial charge in [0.05, 0.1) is 11.4 Å². The summed E-state index contributed by atoms with van der Waals surface area (Å²) in [7, 11) is 0. The number of fused-ring (bicyclic) bond motifs is 2. The van der Waals surface area contributed by atoms with Crippen molar-refractivity contribution in [2.75, 3.05) is 0 Å². The van der Waals surface area contributed by atoms with Crippen molar-refractivity contribution in [3.8, 4) is 55.9 Å². The molecule has 0 saturated heterocycles. The molecule has 0 fully saturated rings. The Labute approximate surface area is 268 Å². The van der Waals surface area contributed by atoms with Crippen LogP contribution in [0.4, 0.5) is 0 Å². The van der Waals surface area contributed by atoms with Crippen LogP contribution in [0.5, 0.6) is 0 Å². The molecule has 0 amide bonds. The summed E-state index contributed by atoms with van der Waals surface area (Å²) in [5.41, 5.74) is 13.1. The second-order valence-electron chi connectivity index (χ2n) is 11.6. The minimum absolute atomic E-state index is 0.922. The summed E-state index contributed by atoms with van der Waals surface area (Å²) in [5, 5.41) is 4.66. The molecule has 0 aliphatic heterocycles. The van der Waals surface area contributed by atoms with Crippen LogP contribution < -0.4 is 0 Å². The molecule has 8 aromatic rings. The van der Waals surface area contributed by atoms with Crippen molar-refractivity contribution in [3.05, 3.63) is 158 Å². The van der Waals surface area contributed by atoms with Gasteiger partial charge in [0, 0.05) is 59.4 Å². The molecule has 0 atom stereocenters. The molecular weight excluding hydrogens is 560 g/mol. The van der Waals surface area contributed by atoms with Crippen molar-refractivity contribution in [1.82, 2.24) is 19.9 Å². The molecule has 0 unspecified atom stereocenters. The van der Waals surface area contributed by atoms with E-state index in [1.165, 1.54) is 22.1 Å². The summed E-state index contributed by atoms with van der Waals surface area (Å²) in [5.74, 6) is 0. The number of hydrogen-bond donors (Lipinski definition) is 0. The average Bonchev–Trinajstić information content (AvgIpc) is 3.12. The van der Waals surface area contributed by atoms with Crippen LogP contribution in [0.3, 0.4) is 0 Å². The predicted octanol–water partition coefficient (Wildman–Crippen LogP) is 10.5. The van der Waals surface area contributed by atoms with E-state index in [-0.39, 0.29) is 0 Å². The Kier molecular flexibility index (Phi) is 6.88. The Morgan fingerprint density at radius 2 is 0.870 bits per heavy atom. The molecule has 0 spiro atoms. The van der Waals surface area contributed by atoms with Crippen LogP contribution in [-0.4, -0.2) is 19.9 Å². The SMILES string of the molecule is Cc1ccnc(-c2cccnc2)c1-c1c2ccccc2c(-c2c(C)ccnc2-c2cccnc2)c2cc(-c3ccccc3)ccc12. The van der Waals surface area contributed by atoms with Gasteiger partial charge in [0.2, 0.25) is 0 Å². The molecule has 4 heterocycles. The van der Waals surface area contributed by atoms with Gasteiger partial charge in [-0.25, -0.2) is 0 Å². The van der Waals surface area contributed by atoms with Crippen molar-refractivity contribution in [2.24, 2.45) is 0 Å². The van der Waals surface area contributed by atoms with Crippen LogP contribution in [0.1, 0.15) is 11.1 Å². The van der Waals surface area contributed by atoms with Gasteiger partial charge >= 0.3 is 0 Å². The van der Waals surface area contributed by atoms with Crippen LogP contribution in [0.15, 0.2) is 146 Å². The molecule has 0 radical (unpaired) electrons. The number of nitrogens with zero attached hydrogens (tertiary/aromatic N) is 4. The van der Waals surface area contributed by atoms with Crippen LogP contribution in [0.25, 0.3) is 77.4 Å². The van der Waals surface area contributed by atoms with E-state index in [2.05, 4.69) is 121 Å². The summed E-state index contributed by atoms with van der Waals surface area (Å²) >= 11 is 0. The minimum Gasteiger partial charge on any atom is -0.264 e. The third kappa shape index (κ3) is 4.63. The van der Waals surface area contributed by atoms with E-state index >= 15 is 0 Å². The Balaban J connectivity index is 1.57. The molecule has 0 aliphatic carbocycles. The van der Waals surface area contributed by atoms with E-state index in [1.807, 2.05) is 36.9 Å². The lowest BCUT2D eigenvalue weighted by atomic mass is 9.81. The second-order valence-corrected chi connectivity index (χ2v) is 11.6. The molecule has 8 rings (SSSR count). The number of aromatic nitrogens is 4. The first-order valence-electron chi connectivity index (χ1n) is 15.5. The lowest BCUT2D eigenvalue weighted by Gasteiger charge is -2.23. The monoisotopic (exact) mass is 590 g/mol. The molecule has 0 aliphatic rings. The molecule has 0 saturated carbocycles. The normalized spacial score (nSPS) is 11.3. The number of benzene rings is 4. The van der Waals surface area contributed by atoms with E-state index in [1.54, 1.807) is 12.4 Å². The molecule has 46 heavy (non-hydrogen) atoms. The number of aryl methyl sites for hydroxylation is 2. The maximum atomic E-state index is 4.97. The van der Waals surface area contributed by atoms with Crippen LogP contribution in [0, 0.1) is 13.8 Å².